The molecule has 4 nitrogen and oxygen atoms in total. The lowest BCUT2D eigenvalue weighted by molar-refractivity contribution is 0.0923. The molecule has 1 saturated heterocycles. The minimum atomic E-state index is -0.0334. The van der Waals surface area contributed by atoms with Crippen LogP contribution in [0.15, 0.2) is 47.3 Å². The Balaban J connectivity index is 1.10. The molecule has 2 unspecified atom stereocenters. The lowest BCUT2D eigenvalue weighted by Gasteiger charge is -2.41. The summed E-state index contributed by atoms with van der Waals surface area (Å²) in [5.41, 5.74) is 3.61. The van der Waals surface area contributed by atoms with Crippen LogP contribution in [0.3, 0.4) is 0 Å². The first-order valence-corrected chi connectivity index (χ1v) is 12.3. The topological polar surface area (TPSA) is 45.5 Å². The molecule has 1 N–H and O–H groups in total. The third-order valence-corrected chi connectivity index (χ3v) is 9.10. The van der Waals surface area contributed by atoms with E-state index in [0.717, 1.165) is 24.2 Å². The van der Waals surface area contributed by atoms with Gasteiger partial charge in [-0.2, -0.15) is 0 Å². The van der Waals surface area contributed by atoms with E-state index in [2.05, 4.69) is 34.5 Å². The van der Waals surface area contributed by atoms with Gasteiger partial charge < -0.3 is 14.6 Å². The summed E-state index contributed by atoms with van der Waals surface area (Å²) in [6.07, 6.45) is 14.0. The molecule has 2 aromatic rings. The molecule has 0 radical (unpaired) electrons. The predicted molar refractivity (Wildman–Crippen MR) is 121 cm³/mol. The molecular formula is C27H34N2O2. The third-order valence-electron chi connectivity index (χ3n) is 9.10. The average molecular weight is 419 g/mol. The number of carbonyl (C=O) groups is 1. The minimum Gasteiger partial charge on any atom is -0.472 e. The first kappa shape index (κ1) is 19.6. The van der Waals surface area contributed by atoms with Crippen molar-refractivity contribution < 1.29 is 9.21 Å². The Labute approximate surface area is 185 Å². The molecule has 4 heteroatoms. The number of rotatable bonds is 5. The Kier molecular flexibility index (Phi) is 4.94. The van der Waals surface area contributed by atoms with Crippen LogP contribution in [-0.4, -0.2) is 30.4 Å². The Morgan fingerprint density at radius 2 is 2.00 bits per heavy atom. The molecule has 2 heterocycles. The van der Waals surface area contributed by atoms with Gasteiger partial charge in [0.25, 0.3) is 5.91 Å². The molecule has 2 bridgehead atoms. The van der Waals surface area contributed by atoms with Crippen molar-refractivity contribution in [3.8, 4) is 0 Å². The van der Waals surface area contributed by atoms with Crippen molar-refractivity contribution in [3.63, 3.8) is 0 Å². The molecule has 4 aliphatic rings. The van der Waals surface area contributed by atoms with Gasteiger partial charge >= 0.3 is 0 Å². The fourth-order valence-electron chi connectivity index (χ4n) is 7.42. The number of piperidine rings is 1. The SMILES string of the molecule is O=C(N[C@H]1CC2(CCN(CCC3CC4CC[C@@H]3C4)CC2)c2ccccc21)c1ccoc1. The second-order valence-corrected chi connectivity index (χ2v) is 10.7. The fraction of sp³-hybridized carbons (Fsp3) is 0.593. The summed E-state index contributed by atoms with van der Waals surface area (Å²) in [4.78, 5) is 15.4. The van der Waals surface area contributed by atoms with E-state index >= 15 is 0 Å². The van der Waals surface area contributed by atoms with Crippen LogP contribution in [0.4, 0.5) is 0 Å². The first-order valence-electron chi connectivity index (χ1n) is 12.3. The Hall–Kier alpha value is -2.07. The van der Waals surface area contributed by atoms with Gasteiger partial charge in [-0.15, -0.1) is 0 Å². The number of carbonyl (C=O) groups excluding carboxylic acids is 1. The van der Waals surface area contributed by atoms with Crippen molar-refractivity contribution >= 4 is 5.91 Å². The second-order valence-electron chi connectivity index (χ2n) is 10.7. The van der Waals surface area contributed by atoms with Gasteiger partial charge in [-0.3, -0.25) is 4.79 Å². The van der Waals surface area contributed by atoms with Crippen molar-refractivity contribution in [3.05, 3.63) is 59.5 Å². The van der Waals surface area contributed by atoms with Crippen LogP contribution in [0.25, 0.3) is 0 Å². The van der Waals surface area contributed by atoms with Crippen LogP contribution in [-0.2, 0) is 5.41 Å². The summed E-state index contributed by atoms with van der Waals surface area (Å²) >= 11 is 0. The van der Waals surface area contributed by atoms with E-state index in [1.165, 1.54) is 82.0 Å². The molecule has 3 fully saturated rings. The maximum absolute atomic E-state index is 12.7. The van der Waals surface area contributed by atoms with E-state index in [0.29, 0.717) is 5.56 Å². The van der Waals surface area contributed by atoms with Gasteiger partial charge in [0, 0.05) is 5.41 Å². The van der Waals surface area contributed by atoms with E-state index in [1.807, 2.05) is 0 Å². The molecule has 6 rings (SSSR count). The quantitative estimate of drug-likeness (QED) is 0.715. The summed E-state index contributed by atoms with van der Waals surface area (Å²) in [7, 11) is 0. The highest BCUT2D eigenvalue weighted by Gasteiger charge is 2.46. The molecule has 1 aliphatic heterocycles. The lowest BCUT2D eigenvalue weighted by Crippen LogP contribution is -2.43. The highest BCUT2D eigenvalue weighted by Crippen LogP contribution is 2.52. The third kappa shape index (κ3) is 3.53. The van der Waals surface area contributed by atoms with Gasteiger partial charge in [0.15, 0.2) is 0 Å². The smallest absolute Gasteiger partial charge is 0.255 e. The van der Waals surface area contributed by atoms with Crippen LogP contribution in [0.5, 0.6) is 0 Å². The minimum absolute atomic E-state index is 0.0334. The summed E-state index contributed by atoms with van der Waals surface area (Å²) in [5.74, 6) is 3.07. The number of hydrogen-bond acceptors (Lipinski definition) is 3. The fourth-order valence-corrected chi connectivity index (χ4v) is 7.42. The van der Waals surface area contributed by atoms with Gasteiger partial charge in [0.2, 0.25) is 0 Å². The molecular weight excluding hydrogens is 384 g/mol. The molecule has 1 aromatic carbocycles. The number of nitrogens with one attached hydrogen (secondary N) is 1. The molecule has 164 valence electrons. The Morgan fingerprint density at radius 3 is 2.74 bits per heavy atom. The van der Waals surface area contributed by atoms with Crippen LogP contribution >= 0.6 is 0 Å². The number of benzene rings is 1. The Morgan fingerprint density at radius 1 is 1.13 bits per heavy atom. The van der Waals surface area contributed by atoms with E-state index in [-0.39, 0.29) is 17.4 Å². The lowest BCUT2D eigenvalue weighted by atomic mass is 9.73. The molecule has 1 amide bonds. The maximum Gasteiger partial charge on any atom is 0.255 e. The van der Waals surface area contributed by atoms with E-state index < -0.39 is 0 Å². The van der Waals surface area contributed by atoms with Crippen molar-refractivity contribution in [2.75, 3.05) is 19.6 Å². The molecule has 4 atom stereocenters. The van der Waals surface area contributed by atoms with Gasteiger partial charge in [0.05, 0.1) is 17.9 Å². The largest absolute Gasteiger partial charge is 0.472 e. The van der Waals surface area contributed by atoms with Gasteiger partial charge in [0.1, 0.15) is 6.26 Å². The van der Waals surface area contributed by atoms with Gasteiger partial charge in [-0.05, 0) is 99.5 Å². The molecule has 1 aromatic heterocycles. The number of hydrogen-bond donors (Lipinski definition) is 1. The number of furan rings is 1. The van der Waals surface area contributed by atoms with Crippen molar-refractivity contribution in [2.24, 2.45) is 17.8 Å². The molecule has 2 saturated carbocycles. The first-order chi connectivity index (χ1) is 15.2. The monoisotopic (exact) mass is 418 g/mol. The van der Waals surface area contributed by atoms with Crippen molar-refractivity contribution in [2.45, 2.75) is 62.8 Å². The van der Waals surface area contributed by atoms with Gasteiger partial charge in [-0.1, -0.05) is 30.7 Å². The molecule has 3 aliphatic carbocycles. The van der Waals surface area contributed by atoms with Crippen LogP contribution in [0.2, 0.25) is 0 Å². The maximum atomic E-state index is 12.7. The molecule has 31 heavy (non-hydrogen) atoms. The van der Waals surface area contributed by atoms with Crippen molar-refractivity contribution in [1.82, 2.24) is 10.2 Å². The number of nitrogens with zero attached hydrogens (tertiary/aromatic N) is 1. The van der Waals surface area contributed by atoms with E-state index in [9.17, 15) is 4.79 Å². The number of amides is 1. The zero-order valence-corrected chi connectivity index (χ0v) is 18.4. The normalized spacial score (nSPS) is 31.2. The Bertz CT molecular complexity index is 928. The van der Waals surface area contributed by atoms with E-state index in [1.54, 1.807) is 12.3 Å². The van der Waals surface area contributed by atoms with Crippen LogP contribution < -0.4 is 5.32 Å². The standard InChI is InChI=1S/C27H34N2O2/c30-26(22-8-14-31-18-22)28-25-17-27(24-4-2-1-3-23(24)25)9-12-29(13-10-27)11-7-21-16-19-5-6-20(21)15-19/h1-4,8,14,18-21,25H,5-7,9-13,15-17H2,(H,28,30)/t19?,20-,21?,25+/m1/s1. The zero-order valence-electron chi connectivity index (χ0n) is 18.4. The van der Waals surface area contributed by atoms with Crippen LogP contribution in [0.1, 0.15) is 78.9 Å². The highest BCUT2D eigenvalue weighted by molar-refractivity contribution is 5.94. The number of fused-ring (bicyclic) bond motifs is 4. The number of likely N-dealkylation sites (tertiary alicyclic amines) is 1. The van der Waals surface area contributed by atoms with Crippen molar-refractivity contribution in [1.29, 1.82) is 0 Å². The predicted octanol–water partition coefficient (Wildman–Crippen LogP) is 5.31. The summed E-state index contributed by atoms with van der Waals surface area (Å²) in [6.45, 7) is 3.67. The van der Waals surface area contributed by atoms with E-state index in [4.69, 9.17) is 4.42 Å². The van der Waals surface area contributed by atoms with Gasteiger partial charge in [-0.25, -0.2) is 0 Å². The van der Waals surface area contributed by atoms with Crippen LogP contribution in [0, 0.1) is 17.8 Å². The second kappa shape index (κ2) is 7.81. The zero-order chi connectivity index (χ0) is 20.8. The summed E-state index contributed by atoms with van der Waals surface area (Å²) in [6, 6.07) is 10.6. The average Bonchev–Trinajstić information content (AvgIpc) is 3.59. The summed E-state index contributed by atoms with van der Waals surface area (Å²) in [5, 5.41) is 3.29. The molecule has 1 spiro atoms. The summed E-state index contributed by atoms with van der Waals surface area (Å²) < 4.78 is 5.10. The highest BCUT2D eigenvalue weighted by atomic mass is 16.3.